The van der Waals surface area contributed by atoms with E-state index < -0.39 is 5.60 Å². The summed E-state index contributed by atoms with van der Waals surface area (Å²) in [5.41, 5.74) is 1.73. The van der Waals surface area contributed by atoms with Gasteiger partial charge in [-0.2, -0.15) is 0 Å². The van der Waals surface area contributed by atoms with Gasteiger partial charge in [0.1, 0.15) is 5.78 Å². The second-order valence-corrected chi connectivity index (χ2v) is 18.3. The summed E-state index contributed by atoms with van der Waals surface area (Å²) in [5, 5.41) is 21.7. The fraction of sp³-hybridized carbons (Fsp3) is 0.900. The Labute approximate surface area is 267 Å². The molecule has 0 heterocycles. The number of Topliss-reactive ketones (excluding diaryl/α,β-unsaturated/α-hetero) is 1. The minimum atomic E-state index is -0.429. The molecule has 8 rings (SSSR count). The fourth-order valence-electron chi connectivity index (χ4n) is 14.2. The first-order valence-corrected chi connectivity index (χ1v) is 19.0. The van der Waals surface area contributed by atoms with E-state index >= 15 is 0 Å². The van der Waals surface area contributed by atoms with Gasteiger partial charge in [0.25, 0.3) is 0 Å². The van der Waals surface area contributed by atoms with Gasteiger partial charge in [-0.25, -0.2) is 0 Å². The van der Waals surface area contributed by atoms with E-state index in [9.17, 15) is 19.8 Å². The monoisotopic (exact) mass is 606 g/mol. The van der Waals surface area contributed by atoms with Crippen molar-refractivity contribution in [1.82, 2.24) is 0 Å². The highest BCUT2D eigenvalue weighted by molar-refractivity contribution is 5.91. The third-order valence-corrected chi connectivity index (χ3v) is 17.0. The van der Waals surface area contributed by atoms with Gasteiger partial charge in [0.2, 0.25) is 0 Å². The lowest BCUT2D eigenvalue weighted by Crippen LogP contribution is -2.55. The molecule has 8 aliphatic rings. The Morgan fingerprint density at radius 3 is 2.30 bits per heavy atom. The standard InChI is InChI=1S/C20H32O2.C20H30O2/c1-12-11-20(3)13(10-17(12)21)4-5-14-15-6-7-18(22)19(15,2)9-8-16(14)20;1-3-20(22)11-9-18-17-6-4-13-12-14(21)5-7-15(13)16(17)8-10-19(18,20)2/h12-16,18,22H,4-11H2,1-3H3;12,15-18,22H,3-11H2,1-2H3/t12-,13+,14+,15+,16+,18+,19+,20+;15-,16+,17+,18-,19-,20-/m10/s1. The summed E-state index contributed by atoms with van der Waals surface area (Å²) in [4.78, 5) is 23.9. The summed E-state index contributed by atoms with van der Waals surface area (Å²) in [5.74, 6) is 7.04. The van der Waals surface area contributed by atoms with Crippen molar-refractivity contribution in [3.63, 3.8) is 0 Å². The third kappa shape index (κ3) is 4.56. The Hall–Kier alpha value is -1.00. The molecule has 0 aromatic heterocycles. The van der Waals surface area contributed by atoms with Crippen LogP contribution in [0.1, 0.15) is 144 Å². The van der Waals surface area contributed by atoms with Crippen molar-refractivity contribution < 1.29 is 19.8 Å². The molecule has 7 saturated carbocycles. The Balaban J connectivity index is 0.000000142. The molecule has 14 atom stereocenters. The molecule has 246 valence electrons. The predicted molar refractivity (Wildman–Crippen MR) is 175 cm³/mol. The van der Waals surface area contributed by atoms with Crippen LogP contribution < -0.4 is 0 Å². The fourth-order valence-corrected chi connectivity index (χ4v) is 14.2. The van der Waals surface area contributed by atoms with Crippen LogP contribution in [0, 0.1) is 69.5 Å². The molecule has 0 aromatic carbocycles. The maximum absolute atomic E-state index is 12.2. The van der Waals surface area contributed by atoms with E-state index in [0.717, 1.165) is 81.0 Å². The highest BCUT2D eigenvalue weighted by atomic mass is 16.3. The van der Waals surface area contributed by atoms with Crippen LogP contribution in [-0.2, 0) is 9.59 Å². The molecular weight excluding hydrogens is 544 g/mol. The lowest BCUT2D eigenvalue weighted by atomic mass is 9.44. The van der Waals surface area contributed by atoms with E-state index in [1.807, 2.05) is 6.08 Å². The van der Waals surface area contributed by atoms with E-state index in [2.05, 4.69) is 34.6 Å². The zero-order chi connectivity index (χ0) is 31.2. The molecule has 4 nitrogen and oxygen atoms in total. The smallest absolute Gasteiger partial charge is 0.155 e. The number of hydrogen-bond acceptors (Lipinski definition) is 4. The number of hydrogen-bond donors (Lipinski definition) is 2. The van der Waals surface area contributed by atoms with Gasteiger partial charge in [0.15, 0.2) is 5.78 Å². The van der Waals surface area contributed by atoms with Crippen LogP contribution in [0.5, 0.6) is 0 Å². The number of carbonyl (C=O) groups is 2. The van der Waals surface area contributed by atoms with Crippen LogP contribution in [0.25, 0.3) is 0 Å². The van der Waals surface area contributed by atoms with Gasteiger partial charge < -0.3 is 10.2 Å². The largest absolute Gasteiger partial charge is 0.393 e. The average molecular weight is 607 g/mol. The average Bonchev–Trinajstić information content (AvgIpc) is 3.46. The van der Waals surface area contributed by atoms with Crippen LogP contribution in [0.4, 0.5) is 0 Å². The second-order valence-electron chi connectivity index (χ2n) is 18.3. The number of rotatable bonds is 1. The summed E-state index contributed by atoms with van der Waals surface area (Å²) >= 11 is 0. The molecule has 0 spiro atoms. The van der Waals surface area contributed by atoms with Crippen molar-refractivity contribution in [2.24, 2.45) is 69.5 Å². The zero-order valence-corrected chi connectivity index (χ0v) is 28.6. The molecule has 4 heteroatoms. The molecule has 7 fully saturated rings. The zero-order valence-electron chi connectivity index (χ0n) is 28.6. The molecule has 0 radical (unpaired) electrons. The van der Waals surface area contributed by atoms with Crippen molar-refractivity contribution in [3.05, 3.63) is 11.6 Å². The first kappa shape index (κ1) is 31.6. The lowest BCUT2D eigenvalue weighted by Gasteiger charge is -2.60. The molecule has 0 aliphatic heterocycles. The SMILES string of the molecule is CC[C@]1(O)CC[C@H]2[C@@H]3CCC4=CC(=O)CC[C@@H]4[C@H]3CC[C@@]21C.C[C@@H]1C[C@@]2(C)[C@@H](CC[C@@H]3[C@@H]2CC[C@]2(C)[C@@H](O)CC[C@@H]32)CC1=O. The summed E-state index contributed by atoms with van der Waals surface area (Å²) in [6, 6.07) is 0. The Morgan fingerprint density at radius 2 is 1.52 bits per heavy atom. The third-order valence-electron chi connectivity index (χ3n) is 17.0. The Bertz CT molecular complexity index is 1190. The van der Waals surface area contributed by atoms with Crippen LogP contribution in [0.2, 0.25) is 0 Å². The van der Waals surface area contributed by atoms with Crippen LogP contribution >= 0.6 is 0 Å². The van der Waals surface area contributed by atoms with Gasteiger partial charge in [0, 0.05) is 18.8 Å². The quantitative estimate of drug-likeness (QED) is 0.314. The maximum Gasteiger partial charge on any atom is 0.155 e. The van der Waals surface area contributed by atoms with Gasteiger partial charge in [-0.15, -0.1) is 0 Å². The van der Waals surface area contributed by atoms with Crippen LogP contribution in [-0.4, -0.2) is 33.5 Å². The number of allylic oxidation sites excluding steroid dienone is 1. The van der Waals surface area contributed by atoms with E-state index in [1.165, 1.54) is 63.4 Å². The van der Waals surface area contributed by atoms with E-state index in [1.54, 1.807) is 0 Å². The summed E-state index contributed by atoms with van der Waals surface area (Å²) < 4.78 is 0. The van der Waals surface area contributed by atoms with Crippen molar-refractivity contribution in [3.8, 4) is 0 Å². The first-order chi connectivity index (χ1) is 20.8. The molecule has 0 amide bonds. The molecule has 2 N–H and O–H groups in total. The van der Waals surface area contributed by atoms with E-state index in [-0.39, 0.29) is 22.9 Å². The molecular formula is C40H62O4. The number of fused-ring (bicyclic) bond motifs is 10. The van der Waals surface area contributed by atoms with Crippen LogP contribution in [0.3, 0.4) is 0 Å². The first-order valence-electron chi connectivity index (χ1n) is 19.0. The van der Waals surface area contributed by atoms with E-state index in [0.29, 0.717) is 34.7 Å². The summed E-state index contributed by atoms with van der Waals surface area (Å²) in [6.07, 6.45) is 20.9. The van der Waals surface area contributed by atoms with Gasteiger partial charge in [-0.3, -0.25) is 9.59 Å². The molecule has 0 saturated heterocycles. The number of ketones is 2. The molecule has 0 aromatic rings. The van der Waals surface area contributed by atoms with Crippen molar-refractivity contribution in [2.75, 3.05) is 0 Å². The highest BCUT2D eigenvalue weighted by Crippen LogP contribution is 2.67. The maximum atomic E-state index is 12.2. The number of aliphatic hydroxyl groups excluding tert-OH is 1. The highest BCUT2D eigenvalue weighted by Gasteiger charge is 2.62. The Morgan fingerprint density at radius 1 is 0.773 bits per heavy atom. The molecule has 0 unspecified atom stereocenters. The number of aliphatic hydroxyl groups is 2. The minimum Gasteiger partial charge on any atom is -0.393 e. The molecule has 8 aliphatic carbocycles. The summed E-state index contributed by atoms with van der Waals surface area (Å²) in [6.45, 7) is 11.5. The molecule has 0 bridgehead atoms. The van der Waals surface area contributed by atoms with Gasteiger partial charge >= 0.3 is 0 Å². The Kier molecular flexibility index (Phi) is 7.92. The van der Waals surface area contributed by atoms with Crippen molar-refractivity contribution in [2.45, 2.75) is 155 Å². The number of carbonyl (C=O) groups excluding carboxylic acids is 2. The van der Waals surface area contributed by atoms with Crippen molar-refractivity contribution >= 4 is 11.6 Å². The van der Waals surface area contributed by atoms with E-state index in [4.69, 9.17) is 0 Å². The molecule has 44 heavy (non-hydrogen) atoms. The summed E-state index contributed by atoms with van der Waals surface area (Å²) in [7, 11) is 0. The van der Waals surface area contributed by atoms with Crippen LogP contribution in [0.15, 0.2) is 11.6 Å². The van der Waals surface area contributed by atoms with Crippen molar-refractivity contribution in [1.29, 1.82) is 0 Å². The predicted octanol–water partition coefficient (Wildman–Crippen LogP) is 8.47. The van der Waals surface area contributed by atoms with Gasteiger partial charge in [0.05, 0.1) is 11.7 Å². The minimum absolute atomic E-state index is 0.0733. The second kappa shape index (κ2) is 11.0. The van der Waals surface area contributed by atoms with Gasteiger partial charge in [-0.1, -0.05) is 40.2 Å². The van der Waals surface area contributed by atoms with Gasteiger partial charge in [-0.05, 0) is 166 Å². The lowest BCUT2D eigenvalue weighted by molar-refractivity contribution is -0.148. The normalized spacial score (nSPS) is 54.4. The topological polar surface area (TPSA) is 74.6 Å².